The van der Waals surface area contributed by atoms with Crippen LogP contribution in [0.4, 0.5) is 5.95 Å². The monoisotopic (exact) mass is 417 g/mol. The standard InChI is InChI=1S/C23H27N7O/c1-16(7-5-6-11-24-3)17(2)26-23-27-22(31-4)21-20(10-14-30(21)28-23)18-9-13-29-19(15-18)8-12-25-29/h5-17,24H,1-4H3,(H,26,28)/b7-5-,11-6-/t16?,17-/m1/s1. The first-order valence-electron chi connectivity index (χ1n) is 10.2. The lowest BCUT2D eigenvalue weighted by Gasteiger charge is -2.19. The second-order valence-corrected chi connectivity index (χ2v) is 7.41. The smallest absolute Gasteiger partial charge is 0.244 e. The van der Waals surface area contributed by atoms with Gasteiger partial charge >= 0.3 is 0 Å². The van der Waals surface area contributed by atoms with Gasteiger partial charge in [0.05, 0.1) is 12.6 Å². The fourth-order valence-corrected chi connectivity index (χ4v) is 3.41. The van der Waals surface area contributed by atoms with Gasteiger partial charge in [-0.2, -0.15) is 10.1 Å². The molecule has 4 heterocycles. The van der Waals surface area contributed by atoms with Crippen LogP contribution in [0.25, 0.3) is 22.2 Å². The Bertz CT molecular complexity index is 1240. The normalized spacial score (nSPS) is 13.9. The highest BCUT2D eigenvalue weighted by Gasteiger charge is 2.17. The Morgan fingerprint density at radius 1 is 1.10 bits per heavy atom. The third-order valence-electron chi connectivity index (χ3n) is 5.32. The van der Waals surface area contributed by atoms with E-state index in [0.29, 0.717) is 11.8 Å². The van der Waals surface area contributed by atoms with E-state index in [4.69, 9.17) is 4.74 Å². The molecular formula is C23H27N7O. The Labute approximate surface area is 181 Å². The van der Waals surface area contributed by atoms with Gasteiger partial charge in [-0.25, -0.2) is 9.03 Å². The summed E-state index contributed by atoms with van der Waals surface area (Å²) in [6, 6.07) is 8.26. The van der Waals surface area contributed by atoms with Gasteiger partial charge in [-0.05, 0) is 54.9 Å². The van der Waals surface area contributed by atoms with Crippen LogP contribution in [0.5, 0.6) is 5.88 Å². The van der Waals surface area contributed by atoms with Crippen LogP contribution in [-0.4, -0.2) is 44.4 Å². The van der Waals surface area contributed by atoms with Crippen LogP contribution in [0.1, 0.15) is 13.8 Å². The molecule has 0 spiro atoms. The molecule has 2 atom stereocenters. The highest BCUT2D eigenvalue weighted by molar-refractivity contribution is 5.85. The number of ether oxygens (including phenoxy) is 1. The molecule has 0 aliphatic heterocycles. The second kappa shape index (κ2) is 8.91. The molecule has 0 aromatic carbocycles. The predicted molar refractivity (Wildman–Crippen MR) is 123 cm³/mol. The largest absolute Gasteiger partial charge is 0.479 e. The number of nitrogens with one attached hydrogen (secondary N) is 2. The lowest BCUT2D eigenvalue weighted by Crippen LogP contribution is -2.24. The maximum atomic E-state index is 5.64. The third kappa shape index (κ3) is 4.23. The number of hydrogen-bond donors (Lipinski definition) is 2. The van der Waals surface area contributed by atoms with Crippen molar-refractivity contribution in [2.24, 2.45) is 5.92 Å². The molecule has 0 aliphatic carbocycles. The van der Waals surface area contributed by atoms with Crippen molar-refractivity contribution < 1.29 is 4.74 Å². The van der Waals surface area contributed by atoms with E-state index in [0.717, 1.165) is 22.2 Å². The minimum atomic E-state index is 0.140. The summed E-state index contributed by atoms with van der Waals surface area (Å²) in [6.07, 6.45) is 13.7. The van der Waals surface area contributed by atoms with E-state index in [1.54, 1.807) is 13.3 Å². The number of nitrogens with zero attached hydrogens (tertiary/aromatic N) is 5. The Morgan fingerprint density at radius 3 is 2.74 bits per heavy atom. The predicted octanol–water partition coefficient (Wildman–Crippen LogP) is 3.78. The zero-order valence-electron chi connectivity index (χ0n) is 18.1. The van der Waals surface area contributed by atoms with Crippen molar-refractivity contribution in [2.45, 2.75) is 19.9 Å². The molecule has 0 saturated heterocycles. The molecule has 4 rings (SSSR count). The van der Waals surface area contributed by atoms with Gasteiger partial charge in [0.15, 0.2) is 0 Å². The molecule has 0 fully saturated rings. The summed E-state index contributed by atoms with van der Waals surface area (Å²) in [5.41, 5.74) is 3.91. The maximum absolute atomic E-state index is 5.64. The molecule has 160 valence electrons. The van der Waals surface area contributed by atoms with Crippen molar-refractivity contribution in [3.8, 4) is 17.0 Å². The van der Waals surface area contributed by atoms with Gasteiger partial charge in [-0.1, -0.05) is 19.1 Å². The first kappa shape index (κ1) is 20.5. The van der Waals surface area contributed by atoms with Crippen molar-refractivity contribution in [1.82, 2.24) is 29.5 Å². The molecule has 4 aromatic heterocycles. The molecule has 2 N–H and O–H groups in total. The van der Waals surface area contributed by atoms with Crippen LogP contribution in [0.3, 0.4) is 0 Å². The van der Waals surface area contributed by atoms with Crippen molar-refractivity contribution in [3.63, 3.8) is 0 Å². The maximum Gasteiger partial charge on any atom is 0.244 e. The van der Waals surface area contributed by atoms with E-state index in [1.807, 2.05) is 65.0 Å². The SMILES string of the molecule is CN/C=C\C=C/C(C)[C@@H](C)Nc1nc(OC)c2c(-c3ccn4nccc4c3)ccn2n1. The lowest BCUT2D eigenvalue weighted by atomic mass is 10.0. The van der Waals surface area contributed by atoms with E-state index in [-0.39, 0.29) is 12.0 Å². The van der Waals surface area contributed by atoms with Gasteiger partial charge < -0.3 is 15.4 Å². The number of hydrogen-bond acceptors (Lipinski definition) is 6. The number of rotatable bonds is 8. The van der Waals surface area contributed by atoms with E-state index in [9.17, 15) is 0 Å². The molecule has 31 heavy (non-hydrogen) atoms. The molecule has 8 heteroatoms. The van der Waals surface area contributed by atoms with Gasteiger partial charge in [0.25, 0.3) is 0 Å². The lowest BCUT2D eigenvalue weighted by molar-refractivity contribution is 0.399. The summed E-state index contributed by atoms with van der Waals surface area (Å²) in [4.78, 5) is 4.63. The number of fused-ring (bicyclic) bond motifs is 2. The molecule has 0 bridgehead atoms. The van der Waals surface area contributed by atoms with Crippen LogP contribution in [-0.2, 0) is 0 Å². The second-order valence-electron chi connectivity index (χ2n) is 7.41. The van der Waals surface area contributed by atoms with Gasteiger partial charge in [-0.3, -0.25) is 0 Å². The molecule has 0 aliphatic rings. The Hall–Kier alpha value is -3.81. The first-order chi connectivity index (χ1) is 15.1. The molecule has 1 unspecified atom stereocenters. The number of allylic oxidation sites excluding steroid dienone is 2. The van der Waals surface area contributed by atoms with E-state index in [2.05, 4.69) is 51.8 Å². The van der Waals surface area contributed by atoms with Gasteiger partial charge in [0.1, 0.15) is 5.52 Å². The Kier molecular flexibility index (Phi) is 5.88. The fraction of sp³-hybridized carbons (Fsp3) is 0.261. The van der Waals surface area contributed by atoms with Crippen LogP contribution in [0, 0.1) is 5.92 Å². The summed E-state index contributed by atoms with van der Waals surface area (Å²) in [5.74, 6) is 1.34. The van der Waals surface area contributed by atoms with Crippen molar-refractivity contribution in [2.75, 3.05) is 19.5 Å². The highest BCUT2D eigenvalue weighted by atomic mass is 16.5. The Balaban J connectivity index is 1.63. The van der Waals surface area contributed by atoms with Crippen molar-refractivity contribution in [3.05, 3.63) is 67.3 Å². The highest BCUT2D eigenvalue weighted by Crippen LogP contribution is 2.32. The van der Waals surface area contributed by atoms with Crippen LogP contribution in [0.15, 0.2) is 67.3 Å². The molecule has 0 amide bonds. The van der Waals surface area contributed by atoms with Gasteiger partial charge in [0, 0.05) is 37.2 Å². The van der Waals surface area contributed by atoms with Crippen LogP contribution >= 0.6 is 0 Å². The molecule has 4 aromatic rings. The van der Waals surface area contributed by atoms with E-state index in [1.165, 1.54) is 0 Å². The molecule has 0 saturated carbocycles. The number of pyridine rings is 1. The van der Waals surface area contributed by atoms with Crippen molar-refractivity contribution >= 4 is 17.0 Å². The average molecular weight is 418 g/mol. The molecule has 8 nitrogen and oxygen atoms in total. The Morgan fingerprint density at radius 2 is 1.94 bits per heavy atom. The minimum absolute atomic E-state index is 0.140. The third-order valence-corrected chi connectivity index (χ3v) is 5.32. The zero-order valence-corrected chi connectivity index (χ0v) is 18.1. The van der Waals surface area contributed by atoms with E-state index >= 15 is 0 Å². The average Bonchev–Trinajstić information content (AvgIpc) is 3.42. The minimum Gasteiger partial charge on any atom is -0.479 e. The number of methoxy groups -OCH3 is 1. The summed E-state index contributed by atoms with van der Waals surface area (Å²) < 4.78 is 9.28. The first-order valence-corrected chi connectivity index (χ1v) is 10.2. The van der Waals surface area contributed by atoms with Gasteiger partial charge in [0.2, 0.25) is 11.8 Å². The van der Waals surface area contributed by atoms with Crippen molar-refractivity contribution in [1.29, 1.82) is 0 Å². The quantitative estimate of drug-likeness (QED) is 0.425. The molecular weight excluding hydrogens is 390 g/mol. The zero-order chi connectivity index (χ0) is 21.8. The van der Waals surface area contributed by atoms with Crippen LogP contribution < -0.4 is 15.4 Å². The van der Waals surface area contributed by atoms with Gasteiger partial charge in [-0.15, -0.1) is 5.10 Å². The molecule has 0 radical (unpaired) electrons. The summed E-state index contributed by atoms with van der Waals surface area (Å²) in [5, 5.41) is 15.3. The summed E-state index contributed by atoms with van der Waals surface area (Å²) in [6.45, 7) is 4.26. The topological polar surface area (TPSA) is 80.8 Å². The van der Waals surface area contributed by atoms with E-state index < -0.39 is 0 Å². The van der Waals surface area contributed by atoms with Crippen LogP contribution in [0.2, 0.25) is 0 Å². The summed E-state index contributed by atoms with van der Waals surface area (Å²) >= 11 is 0. The number of aromatic nitrogens is 5. The fourth-order valence-electron chi connectivity index (χ4n) is 3.41. The summed E-state index contributed by atoms with van der Waals surface area (Å²) in [7, 11) is 3.51. The number of anilines is 1.